The number of ether oxygens (including phenoxy) is 1. The Bertz CT molecular complexity index is 579. The molecule has 0 spiro atoms. The first-order valence-corrected chi connectivity index (χ1v) is 6.50. The van der Waals surface area contributed by atoms with Crippen molar-refractivity contribution in [1.29, 1.82) is 0 Å². The van der Waals surface area contributed by atoms with E-state index in [-0.39, 0.29) is 11.9 Å². The highest BCUT2D eigenvalue weighted by Gasteiger charge is 2.26. The summed E-state index contributed by atoms with van der Waals surface area (Å²) < 4.78 is 18.5. The van der Waals surface area contributed by atoms with Crippen LogP contribution in [0, 0.1) is 5.82 Å². The Labute approximate surface area is 118 Å². The molecular formula is C16H18FNO2. The van der Waals surface area contributed by atoms with Crippen molar-refractivity contribution in [2.45, 2.75) is 32.5 Å². The second kappa shape index (κ2) is 5.59. The van der Waals surface area contributed by atoms with Crippen molar-refractivity contribution >= 4 is 0 Å². The van der Waals surface area contributed by atoms with Gasteiger partial charge in [-0.2, -0.15) is 0 Å². The minimum absolute atomic E-state index is 0.0304. The third kappa shape index (κ3) is 3.14. The number of pyridine rings is 1. The summed E-state index contributed by atoms with van der Waals surface area (Å²) in [6.07, 6.45) is 3.21. The van der Waals surface area contributed by atoms with E-state index in [9.17, 15) is 9.50 Å². The molecule has 2 aromatic rings. The van der Waals surface area contributed by atoms with Crippen molar-refractivity contribution in [3.05, 3.63) is 59.7 Å². The van der Waals surface area contributed by atoms with Crippen molar-refractivity contribution in [2.24, 2.45) is 0 Å². The summed E-state index contributed by atoms with van der Waals surface area (Å²) in [4.78, 5) is 4.09. The van der Waals surface area contributed by atoms with Crippen molar-refractivity contribution < 1.29 is 14.2 Å². The zero-order valence-electron chi connectivity index (χ0n) is 11.8. The molecule has 0 amide bonds. The average molecular weight is 275 g/mol. The van der Waals surface area contributed by atoms with Crippen LogP contribution in [0.2, 0.25) is 0 Å². The van der Waals surface area contributed by atoms with E-state index in [0.717, 1.165) is 0 Å². The Kier molecular flexibility index (Phi) is 4.04. The summed E-state index contributed by atoms with van der Waals surface area (Å²) in [5.74, 6) is 0.263. The minimum atomic E-state index is -1.25. The maximum absolute atomic E-state index is 13.0. The molecule has 0 bridgehead atoms. The number of hydrogen-bond acceptors (Lipinski definition) is 3. The lowest BCUT2D eigenvalue weighted by Crippen LogP contribution is -2.23. The molecule has 1 aromatic heterocycles. The fourth-order valence-corrected chi connectivity index (χ4v) is 1.96. The molecule has 1 heterocycles. The maximum atomic E-state index is 13.0. The van der Waals surface area contributed by atoms with Gasteiger partial charge in [-0.15, -0.1) is 0 Å². The van der Waals surface area contributed by atoms with Gasteiger partial charge in [0.05, 0.1) is 12.3 Å². The largest absolute Gasteiger partial charge is 0.489 e. The third-order valence-corrected chi connectivity index (χ3v) is 3.05. The topological polar surface area (TPSA) is 42.4 Å². The molecule has 0 aliphatic heterocycles. The van der Waals surface area contributed by atoms with E-state index in [0.29, 0.717) is 16.9 Å². The zero-order chi connectivity index (χ0) is 14.8. The van der Waals surface area contributed by atoms with E-state index in [1.165, 1.54) is 12.1 Å². The van der Waals surface area contributed by atoms with Crippen LogP contribution in [-0.2, 0) is 5.60 Å². The number of halogens is 1. The van der Waals surface area contributed by atoms with Gasteiger partial charge in [0.2, 0.25) is 0 Å². The molecule has 2 rings (SSSR count). The first-order valence-electron chi connectivity index (χ1n) is 6.50. The van der Waals surface area contributed by atoms with Gasteiger partial charge in [-0.25, -0.2) is 4.39 Å². The molecule has 106 valence electrons. The molecule has 20 heavy (non-hydrogen) atoms. The van der Waals surface area contributed by atoms with Gasteiger partial charge >= 0.3 is 0 Å². The summed E-state index contributed by atoms with van der Waals surface area (Å²) in [7, 11) is 0. The molecule has 0 aliphatic rings. The lowest BCUT2D eigenvalue weighted by molar-refractivity contribution is 0.101. The summed E-state index contributed by atoms with van der Waals surface area (Å²) in [6.45, 7) is 5.49. The van der Waals surface area contributed by atoms with Crippen molar-refractivity contribution in [3.8, 4) is 5.75 Å². The molecule has 3 nitrogen and oxygen atoms in total. The van der Waals surface area contributed by atoms with Crippen LogP contribution in [0.15, 0.2) is 42.7 Å². The molecule has 0 aliphatic carbocycles. The first-order chi connectivity index (χ1) is 9.39. The predicted molar refractivity (Wildman–Crippen MR) is 75.1 cm³/mol. The number of benzene rings is 1. The van der Waals surface area contributed by atoms with Gasteiger partial charge in [0.25, 0.3) is 0 Å². The van der Waals surface area contributed by atoms with E-state index in [1.54, 1.807) is 37.5 Å². The van der Waals surface area contributed by atoms with E-state index < -0.39 is 5.60 Å². The van der Waals surface area contributed by atoms with Gasteiger partial charge in [-0.3, -0.25) is 4.98 Å². The lowest BCUT2D eigenvalue weighted by Gasteiger charge is -2.24. The van der Waals surface area contributed by atoms with E-state index in [1.807, 2.05) is 13.8 Å². The van der Waals surface area contributed by atoms with Crippen molar-refractivity contribution in [2.75, 3.05) is 0 Å². The highest BCUT2D eigenvalue weighted by Crippen LogP contribution is 2.30. The van der Waals surface area contributed by atoms with E-state index in [2.05, 4.69) is 4.98 Å². The number of nitrogens with zero attached hydrogens (tertiary/aromatic N) is 1. The zero-order valence-corrected chi connectivity index (χ0v) is 11.8. The Morgan fingerprint density at radius 1 is 1.15 bits per heavy atom. The Hall–Kier alpha value is -1.94. The second-order valence-corrected chi connectivity index (χ2v) is 5.16. The average Bonchev–Trinajstić information content (AvgIpc) is 2.39. The standard InChI is InChI=1S/C16H18FNO2/c1-11(2)20-15-8-13(9-18-10-15)16(3,19)12-4-6-14(17)7-5-12/h4-11,19H,1-3H3. The van der Waals surface area contributed by atoms with Crippen molar-refractivity contribution in [1.82, 2.24) is 4.98 Å². The Morgan fingerprint density at radius 3 is 2.40 bits per heavy atom. The molecule has 1 N–H and O–H groups in total. The second-order valence-electron chi connectivity index (χ2n) is 5.16. The molecular weight excluding hydrogens is 257 g/mol. The molecule has 1 aromatic carbocycles. The van der Waals surface area contributed by atoms with Gasteiger partial charge in [0.1, 0.15) is 17.2 Å². The van der Waals surface area contributed by atoms with Gasteiger partial charge in [-0.1, -0.05) is 12.1 Å². The van der Waals surface area contributed by atoms with Crippen LogP contribution in [0.5, 0.6) is 5.75 Å². The van der Waals surface area contributed by atoms with Crippen LogP contribution in [-0.4, -0.2) is 16.2 Å². The number of aliphatic hydroxyl groups is 1. The van der Waals surface area contributed by atoms with Crippen LogP contribution in [0.25, 0.3) is 0 Å². The molecule has 0 radical (unpaired) electrons. The smallest absolute Gasteiger partial charge is 0.138 e. The van der Waals surface area contributed by atoms with Crippen LogP contribution in [0.3, 0.4) is 0 Å². The summed E-state index contributed by atoms with van der Waals surface area (Å²) in [6, 6.07) is 7.52. The molecule has 1 atom stereocenters. The fraction of sp³-hybridized carbons (Fsp3) is 0.312. The lowest BCUT2D eigenvalue weighted by atomic mass is 9.89. The van der Waals surface area contributed by atoms with Gasteiger partial charge in [0, 0.05) is 11.8 Å². The van der Waals surface area contributed by atoms with Gasteiger partial charge < -0.3 is 9.84 Å². The number of aromatic nitrogens is 1. The minimum Gasteiger partial charge on any atom is -0.489 e. The highest BCUT2D eigenvalue weighted by molar-refractivity contribution is 5.37. The first kappa shape index (κ1) is 14.5. The quantitative estimate of drug-likeness (QED) is 0.931. The SMILES string of the molecule is CC(C)Oc1cncc(C(C)(O)c2ccc(F)cc2)c1. The van der Waals surface area contributed by atoms with Crippen molar-refractivity contribution in [3.63, 3.8) is 0 Å². The molecule has 0 fully saturated rings. The van der Waals surface area contributed by atoms with E-state index in [4.69, 9.17) is 4.74 Å². The normalized spacial score (nSPS) is 14.1. The van der Waals surface area contributed by atoms with Gasteiger partial charge in [0.15, 0.2) is 0 Å². The van der Waals surface area contributed by atoms with Crippen LogP contribution in [0.4, 0.5) is 4.39 Å². The van der Waals surface area contributed by atoms with E-state index >= 15 is 0 Å². The third-order valence-electron chi connectivity index (χ3n) is 3.05. The molecule has 0 saturated heterocycles. The molecule has 1 unspecified atom stereocenters. The number of rotatable bonds is 4. The maximum Gasteiger partial charge on any atom is 0.138 e. The van der Waals surface area contributed by atoms with Crippen LogP contribution >= 0.6 is 0 Å². The van der Waals surface area contributed by atoms with Crippen LogP contribution < -0.4 is 4.74 Å². The summed E-state index contributed by atoms with van der Waals surface area (Å²) >= 11 is 0. The Morgan fingerprint density at radius 2 is 1.80 bits per heavy atom. The summed E-state index contributed by atoms with van der Waals surface area (Å²) in [5.41, 5.74) is -0.0542. The molecule has 4 heteroatoms. The Balaban J connectivity index is 2.35. The monoisotopic (exact) mass is 275 g/mol. The molecule has 0 saturated carbocycles. The fourth-order valence-electron chi connectivity index (χ4n) is 1.96. The predicted octanol–water partition coefficient (Wildman–Crippen LogP) is 3.26. The summed E-state index contributed by atoms with van der Waals surface area (Å²) in [5, 5.41) is 10.7. The number of hydrogen-bond donors (Lipinski definition) is 1. The van der Waals surface area contributed by atoms with Gasteiger partial charge in [-0.05, 0) is 44.5 Å². The van der Waals surface area contributed by atoms with Crippen LogP contribution in [0.1, 0.15) is 31.9 Å². The highest BCUT2D eigenvalue weighted by atomic mass is 19.1.